The topological polar surface area (TPSA) is 29.5 Å². The van der Waals surface area contributed by atoms with E-state index in [4.69, 9.17) is 4.74 Å². The summed E-state index contributed by atoms with van der Waals surface area (Å²) in [4.78, 5) is 14.8. The lowest BCUT2D eigenvalue weighted by atomic mass is 9.90. The SMILES string of the molecule is CC(Oc1ccc2ccccc2c1)C(=O)N1CCC(Cc2ccccc2)CC1. The molecule has 0 bridgehead atoms. The molecule has 3 aromatic rings. The molecule has 1 saturated heterocycles. The molecular formula is C25H27NO2. The van der Waals surface area contributed by atoms with E-state index < -0.39 is 6.10 Å². The molecule has 0 radical (unpaired) electrons. The van der Waals surface area contributed by atoms with Gasteiger partial charge in [-0.05, 0) is 60.6 Å². The molecule has 3 nitrogen and oxygen atoms in total. The number of amides is 1. The van der Waals surface area contributed by atoms with Crippen molar-refractivity contribution in [3.8, 4) is 5.75 Å². The van der Waals surface area contributed by atoms with E-state index in [2.05, 4.69) is 42.5 Å². The Balaban J connectivity index is 1.31. The lowest BCUT2D eigenvalue weighted by molar-refractivity contribution is -0.139. The smallest absolute Gasteiger partial charge is 0.263 e. The quantitative estimate of drug-likeness (QED) is 0.623. The van der Waals surface area contributed by atoms with Crippen LogP contribution in [-0.4, -0.2) is 30.0 Å². The van der Waals surface area contributed by atoms with Gasteiger partial charge in [0.25, 0.3) is 5.91 Å². The van der Waals surface area contributed by atoms with Crippen molar-refractivity contribution in [3.63, 3.8) is 0 Å². The minimum Gasteiger partial charge on any atom is -0.481 e. The monoisotopic (exact) mass is 373 g/mol. The maximum absolute atomic E-state index is 12.8. The maximum Gasteiger partial charge on any atom is 0.263 e. The van der Waals surface area contributed by atoms with Crippen LogP contribution >= 0.6 is 0 Å². The van der Waals surface area contributed by atoms with Crippen LogP contribution in [-0.2, 0) is 11.2 Å². The summed E-state index contributed by atoms with van der Waals surface area (Å²) >= 11 is 0. The number of carbonyl (C=O) groups is 1. The second-order valence-electron chi connectivity index (χ2n) is 7.73. The van der Waals surface area contributed by atoms with Crippen LogP contribution in [0.3, 0.4) is 0 Å². The van der Waals surface area contributed by atoms with Crippen LogP contribution in [0.25, 0.3) is 10.8 Å². The number of hydrogen-bond acceptors (Lipinski definition) is 2. The van der Waals surface area contributed by atoms with Gasteiger partial charge in [0.1, 0.15) is 5.75 Å². The fraction of sp³-hybridized carbons (Fsp3) is 0.320. The van der Waals surface area contributed by atoms with Gasteiger partial charge in [0.05, 0.1) is 0 Å². The van der Waals surface area contributed by atoms with E-state index in [1.807, 2.05) is 42.2 Å². The molecule has 0 spiro atoms. The zero-order valence-corrected chi connectivity index (χ0v) is 16.4. The van der Waals surface area contributed by atoms with Crippen LogP contribution in [0, 0.1) is 5.92 Å². The number of likely N-dealkylation sites (tertiary alicyclic amines) is 1. The lowest BCUT2D eigenvalue weighted by Crippen LogP contribution is -2.45. The Morgan fingerprint density at radius 1 is 0.964 bits per heavy atom. The summed E-state index contributed by atoms with van der Waals surface area (Å²) in [6, 6.07) is 24.8. The Morgan fingerprint density at radius 2 is 1.64 bits per heavy atom. The number of nitrogens with zero attached hydrogens (tertiary/aromatic N) is 1. The maximum atomic E-state index is 12.8. The van der Waals surface area contributed by atoms with Gasteiger partial charge in [0.15, 0.2) is 6.10 Å². The highest BCUT2D eigenvalue weighted by Gasteiger charge is 2.27. The molecule has 4 rings (SSSR count). The Bertz CT molecular complexity index is 929. The third kappa shape index (κ3) is 4.36. The van der Waals surface area contributed by atoms with E-state index in [0.29, 0.717) is 5.92 Å². The van der Waals surface area contributed by atoms with E-state index in [-0.39, 0.29) is 5.91 Å². The van der Waals surface area contributed by atoms with Crippen LogP contribution in [0.15, 0.2) is 72.8 Å². The Hall–Kier alpha value is -2.81. The van der Waals surface area contributed by atoms with E-state index in [1.54, 1.807) is 0 Å². The molecule has 0 aromatic heterocycles. The molecule has 1 heterocycles. The van der Waals surface area contributed by atoms with Crippen LogP contribution in [0.2, 0.25) is 0 Å². The molecule has 144 valence electrons. The largest absolute Gasteiger partial charge is 0.481 e. The molecule has 28 heavy (non-hydrogen) atoms. The average molecular weight is 373 g/mol. The number of fused-ring (bicyclic) bond motifs is 1. The third-order valence-corrected chi connectivity index (χ3v) is 5.67. The average Bonchev–Trinajstić information content (AvgIpc) is 2.74. The highest BCUT2D eigenvalue weighted by Crippen LogP contribution is 2.24. The number of piperidine rings is 1. The number of benzene rings is 3. The fourth-order valence-corrected chi connectivity index (χ4v) is 4.06. The first-order chi connectivity index (χ1) is 13.7. The van der Waals surface area contributed by atoms with E-state index in [0.717, 1.165) is 43.5 Å². The number of ether oxygens (including phenoxy) is 1. The minimum absolute atomic E-state index is 0.0892. The second kappa shape index (κ2) is 8.47. The Labute approximate surface area is 166 Å². The number of rotatable bonds is 5. The van der Waals surface area contributed by atoms with Gasteiger partial charge in [-0.25, -0.2) is 0 Å². The second-order valence-corrected chi connectivity index (χ2v) is 7.73. The fourth-order valence-electron chi connectivity index (χ4n) is 4.06. The van der Waals surface area contributed by atoms with Crippen molar-refractivity contribution in [3.05, 3.63) is 78.4 Å². The molecular weight excluding hydrogens is 346 g/mol. The molecule has 0 aliphatic carbocycles. The minimum atomic E-state index is -0.466. The van der Waals surface area contributed by atoms with E-state index in [9.17, 15) is 4.79 Å². The summed E-state index contributed by atoms with van der Waals surface area (Å²) in [6.07, 6.45) is 2.76. The number of hydrogen-bond donors (Lipinski definition) is 0. The first kappa shape index (κ1) is 18.5. The normalized spacial score (nSPS) is 16.1. The predicted octanol–water partition coefficient (Wildman–Crippen LogP) is 5.09. The summed E-state index contributed by atoms with van der Waals surface area (Å²) in [7, 11) is 0. The van der Waals surface area contributed by atoms with Crippen LogP contribution in [0.5, 0.6) is 5.75 Å². The van der Waals surface area contributed by atoms with E-state index >= 15 is 0 Å². The highest BCUT2D eigenvalue weighted by atomic mass is 16.5. The molecule has 1 atom stereocenters. The van der Waals surface area contributed by atoms with Crippen molar-refractivity contribution in [2.75, 3.05) is 13.1 Å². The van der Waals surface area contributed by atoms with Gasteiger partial charge in [0.2, 0.25) is 0 Å². The molecule has 1 aliphatic heterocycles. The van der Waals surface area contributed by atoms with Crippen molar-refractivity contribution in [1.82, 2.24) is 4.90 Å². The predicted molar refractivity (Wildman–Crippen MR) is 113 cm³/mol. The zero-order chi connectivity index (χ0) is 19.3. The first-order valence-electron chi connectivity index (χ1n) is 10.2. The molecule has 0 saturated carbocycles. The summed E-state index contributed by atoms with van der Waals surface area (Å²) < 4.78 is 5.97. The molecule has 1 aliphatic rings. The molecule has 1 fully saturated rings. The highest BCUT2D eigenvalue weighted by molar-refractivity contribution is 5.84. The van der Waals surface area contributed by atoms with Gasteiger partial charge >= 0.3 is 0 Å². The molecule has 0 N–H and O–H groups in total. The summed E-state index contributed by atoms with van der Waals surface area (Å²) in [5.41, 5.74) is 1.39. The van der Waals surface area contributed by atoms with E-state index in [1.165, 1.54) is 10.9 Å². The molecule has 1 unspecified atom stereocenters. The summed E-state index contributed by atoms with van der Waals surface area (Å²) in [6.45, 7) is 3.50. The summed E-state index contributed by atoms with van der Waals surface area (Å²) in [5, 5.41) is 2.30. The molecule has 3 aromatic carbocycles. The van der Waals surface area contributed by atoms with Crippen molar-refractivity contribution in [2.45, 2.75) is 32.3 Å². The molecule has 3 heteroatoms. The van der Waals surface area contributed by atoms with Gasteiger partial charge in [-0.1, -0.05) is 60.7 Å². The Kier molecular flexibility index (Phi) is 5.61. The third-order valence-electron chi connectivity index (χ3n) is 5.67. The zero-order valence-electron chi connectivity index (χ0n) is 16.4. The van der Waals surface area contributed by atoms with Gasteiger partial charge in [-0.3, -0.25) is 4.79 Å². The number of carbonyl (C=O) groups excluding carboxylic acids is 1. The van der Waals surface area contributed by atoms with Crippen molar-refractivity contribution in [2.24, 2.45) is 5.92 Å². The first-order valence-corrected chi connectivity index (χ1v) is 10.2. The molecule has 1 amide bonds. The Morgan fingerprint density at radius 3 is 2.39 bits per heavy atom. The van der Waals surface area contributed by atoms with Crippen molar-refractivity contribution in [1.29, 1.82) is 0 Å². The summed E-state index contributed by atoms with van der Waals surface area (Å²) in [5.74, 6) is 1.49. The van der Waals surface area contributed by atoms with Crippen LogP contribution in [0.1, 0.15) is 25.3 Å². The van der Waals surface area contributed by atoms with Crippen molar-refractivity contribution < 1.29 is 9.53 Å². The van der Waals surface area contributed by atoms with Crippen LogP contribution < -0.4 is 4.74 Å². The lowest BCUT2D eigenvalue weighted by Gasteiger charge is -2.33. The van der Waals surface area contributed by atoms with Gasteiger partial charge in [-0.2, -0.15) is 0 Å². The van der Waals surface area contributed by atoms with Gasteiger partial charge in [0, 0.05) is 13.1 Å². The van der Waals surface area contributed by atoms with Gasteiger partial charge in [-0.15, -0.1) is 0 Å². The standard InChI is InChI=1S/C25H27NO2/c1-19(28-24-12-11-22-9-5-6-10-23(22)18-24)25(27)26-15-13-21(14-16-26)17-20-7-3-2-4-8-20/h2-12,18-19,21H,13-17H2,1H3. The van der Waals surface area contributed by atoms with Gasteiger partial charge < -0.3 is 9.64 Å². The van der Waals surface area contributed by atoms with Crippen molar-refractivity contribution >= 4 is 16.7 Å². The van der Waals surface area contributed by atoms with Crippen LogP contribution in [0.4, 0.5) is 0 Å².